The molecule has 2 heterocycles. The maximum absolute atomic E-state index is 12.6. The van der Waals surface area contributed by atoms with Crippen LogP contribution in [-0.4, -0.2) is 47.2 Å². The number of hydrogen-bond donors (Lipinski definition) is 0. The van der Waals surface area contributed by atoms with Crippen LogP contribution in [-0.2, 0) is 14.4 Å². The second-order valence-corrected chi connectivity index (χ2v) is 7.64. The van der Waals surface area contributed by atoms with Crippen LogP contribution in [0.25, 0.3) is 0 Å². The van der Waals surface area contributed by atoms with Crippen LogP contribution in [0, 0.1) is 29.6 Å². The molecule has 0 aromatic carbocycles. The van der Waals surface area contributed by atoms with Crippen molar-refractivity contribution in [1.82, 2.24) is 9.80 Å². The number of nitrogens with zero attached hydrogens (tertiary/aromatic N) is 2. The molecule has 0 aromatic heterocycles. The number of amides is 3. The summed E-state index contributed by atoms with van der Waals surface area (Å²) >= 11 is 0. The monoisotopic (exact) mass is 316 g/mol. The number of carbonyl (C=O) groups excluding carboxylic acids is 3. The molecule has 4 rings (SSSR count). The molecule has 124 valence electrons. The van der Waals surface area contributed by atoms with Crippen molar-refractivity contribution in [3.05, 3.63) is 12.2 Å². The number of hydrogen-bond acceptors (Lipinski definition) is 3. The van der Waals surface area contributed by atoms with Crippen molar-refractivity contribution in [2.45, 2.75) is 32.6 Å². The van der Waals surface area contributed by atoms with E-state index in [4.69, 9.17) is 0 Å². The van der Waals surface area contributed by atoms with Crippen molar-refractivity contribution in [3.63, 3.8) is 0 Å². The first-order valence-electron chi connectivity index (χ1n) is 8.87. The maximum atomic E-state index is 12.6. The number of rotatable bonds is 3. The van der Waals surface area contributed by atoms with E-state index in [0.717, 1.165) is 32.4 Å². The summed E-state index contributed by atoms with van der Waals surface area (Å²) in [5, 5.41) is 0. The van der Waals surface area contributed by atoms with Gasteiger partial charge in [0.05, 0.1) is 11.8 Å². The summed E-state index contributed by atoms with van der Waals surface area (Å²) in [6, 6.07) is 0. The van der Waals surface area contributed by atoms with Gasteiger partial charge in [-0.25, -0.2) is 0 Å². The fourth-order valence-corrected chi connectivity index (χ4v) is 4.81. The lowest BCUT2D eigenvalue weighted by molar-refractivity contribution is -0.141. The van der Waals surface area contributed by atoms with E-state index < -0.39 is 0 Å². The Morgan fingerprint density at radius 3 is 2.22 bits per heavy atom. The number of piperidine rings is 1. The lowest BCUT2D eigenvalue weighted by Gasteiger charge is -2.30. The van der Waals surface area contributed by atoms with Crippen molar-refractivity contribution in [2.24, 2.45) is 29.6 Å². The quantitative estimate of drug-likeness (QED) is 0.585. The highest BCUT2D eigenvalue weighted by Gasteiger charge is 2.59. The van der Waals surface area contributed by atoms with Gasteiger partial charge in [0.25, 0.3) is 0 Å². The SMILES string of the molecule is CC1CCN(C(=O)CCN2C(=O)[C@@H]3[C@H](C2=O)[C@H]2C=C[C@H]3C2)CC1. The van der Waals surface area contributed by atoms with E-state index in [1.165, 1.54) is 4.90 Å². The molecule has 2 saturated heterocycles. The van der Waals surface area contributed by atoms with Crippen molar-refractivity contribution >= 4 is 17.7 Å². The Bertz CT molecular complexity index is 547. The van der Waals surface area contributed by atoms with Crippen LogP contribution in [0.3, 0.4) is 0 Å². The molecule has 0 radical (unpaired) electrons. The largest absolute Gasteiger partial charge is 0.343 e. The van der Waals surface area contributed by atoms with Crippen LogP contribution in [0.4, 0.5) is 0 Å². The third-order valence-corrected chi connectivity index (χ3v) is 6.25. The van der Waals surface area contributed by atoms with Gasteiger partial charge >= 0.3 is 0 Å². The smallest absolute Gasteiger partial charge is 0.233 e. The molecule has 3 fully saturated rings. The minimum absolute atomic E-state index is 0.0445. The second-order valence-electron chi connectivity index (χ2n) is 7.64. The van der Waals surface area contributed by atoms with Gasteiger partial charge in [0.2, 0.25) is 17.7 Å². The maximum Gasteiger partial charge on any atom is 0.233 e. The summed E-state index contributed by atoms with van der Waals surface area (Å²) in [5.41, 5.74) is 0. The number of carbonyl (C=O) groups is 3. The van der Waals surface area contributed by atoms with Gasteiger partial charge in [0.15, 0.2) is 0 Å². The molecule has 1 saturated carbocycles. The Morgan fingerprint density at radius 1 is 1.09 bits per heavy atom. The van der Waals surface area contributed by atoms with Crippen molar-refractivity contribution in [3.8, 4) is 0 Å². The van der Waals surface area contributed by atoms with Crippen LogP contribution >= 0.6 is 0 Å². The minimum Gasteiger partial charge on any atom is -0.343 e. The van der Waals surface area contributed by atoms with Crippen LogP contribution in [0.15, 0.2) is 12.2 Å². The first-order valence-corrected chi connectivity index (χ1v) is 8.87. The summed E-state index contributed by atoms with van der Waals surface area (Å²) in [6.45, 7) is 4.09. The molecule has 3 amide bonds. The van der Waals surface area contributed by atoms with Gasteiger partial charge in [-0.3, -0.25) is 19.3 Å². The minimum atomic E-state index is -0.150. The van der Waals surface area contributed by atoms with E-state index in [0.29, 0.717) is 5.92 Å². The molecular weight excluding hydrogens is 292 g/mol. The highest BCUT2D eigenvalue weighted by Crippen LogP contribution is 2.52. The Morgan fingerprint density at radius 2 is 1.65 bits per heavy atom. The lowest BCUT2D eigenvalue weighted by Crippen LogP contribution is -2.41. The Balaban J connectivity index is 1.36. The Labute approximate surface area is 136 Å². The van der Waals surface area contributed by atoms with Gasteiger partial charge in [0.1, 0.15) is 0 Å². The van der Waals surface area contributed by atoms with Gasteiger partial charge in [-0.05, 0) is 37.0 Å². The fraction of sp³-hybridized carbons (Fsp3) is 0.722. The van der Waals surface area contributed by atoms with Crippen molar-refractivity contribution in [2.75, 3.05) is 19.6 Å². The normalized spacial score (nSPS) is 36.2. The molecule has 2 aliphatic heterocycles. The molecule has 0 spiro atoms. The first-order chi connectivity index (χ1) is 11.1. The Kier molecular flexibility index (Phi) is 3.54. The average molecular weight is 316 g/mol. The molecule has 0 aromatic rings. The molecule has 2 bridgehead atoms. The van der Waals surface area contributed by atoms with Gasteiger partial charge in [-0.1, -0.05) is 19.1 Å². The third kappa shape index (κ3) is 2.32. The third-order valence-electron chi connectivity index (χ3n) is 6.25. The average Bonchev–Trinajstić information content (AvgIpc) is 3.21. The lowest BCUT2D eigenvalue weighted by atomic mass is 9.85. The van der Waals surface area contributed by atoms with Gasteiger partial charge in [-0.2, -0.15) is 0 Å². The molecule has 4 atom stereocenters. The number of likely N-dealkylation sites (tertiary alicyclic amines) is 2. The van der Waals surface area contributed by atoms with E-state index in [9.17, 15) is 14.4 Å². The molecule has 23 heavy (non-hydrogen) atoms. The molecular formula is C18H24N2O3. The summed E-state index contributed by atoms with van der Waals surface area (Å²) in [5.74, 6) is 0.857. The zero-order valence-corrected chi connectivity index (χ0v) is 13.6. The zero-order chi connectivity index (χ0) is 16.1. The topological polar surface area (TPSA) is 57.7 Å². The molecule has 0 N–H and O–H groups in total. The Hall–Kier alpha value is -1.65. The predicted molar refractivity (Wildman–Crippen MR) is 84.0 cm³/mol. The van der Waals surface area contributed by atoms with Crippen LogP contribution in [0.5, 0.6) is 0 Å². The summed E-state index contributed by atoms with van der Waals surface area (Å²) in [4.78, 5) is 40.7. The molecule has 2 aliphatic carbocycles. The van der Waals surface area contributed by atoms with Crippen molar-refractivity contribution in [1.29, 1.82) is 0 Å². The van der Waals surface area contributed by atoms with E-state index in [1.54, 1.807) is 0 Å². The first kappa shape index (κ1) is 14.9. The molecule has 4 aliphatic rings. The summed E-state index contributed by atoms with van der Waals surface area (Å²) < 4.78 is 0. The van der Waals surface area contributed by atoms with Gasteiger partial charge in [0, 0.05) is 26.1 Å². The number of fused-ring (bicyclic) bond motifs is 5. The number of imide groups is 1. The van der Waals surface area contributed by atoms with E-state index >= 15 is 0 Å². The summed E-state index contributed by atoms with van der Waals surface area (Å²) in [6.07, 6.45) is 7.51. The standard InChI is InChI=1S/C18H24N2O3/c1-11-4-7-19(8-5-11)14(21)6-9-20-17(22)15-12-2-3-13(10-12)16(15)18(20)23/h2-3,11-13,15-16H,4-10H2,1H3/t12-,13-,15-,16+/m0/s1. The highest BCUT2D eigenvalue weighted by molar-refractivity contribution is 6.06. The van der Waals surface area contributed by atoms with E-state index in [-0.39, 0.29) is 54.4 Å². The fourth-order valence-electron chi connectivity index (χ4n) is 4.81. The van der Waals surface area contributed by atoms with Crippen molar-refractivity contribution < 1.29 is 14.4 Å². The predicted octanol–water partition coefficient (Wildman–Crippen LogP) is 1.44. The van der Waals surface area contributed by atoms with Crippen LogP contribution < -0.4 is 0 Å². The van der Waals surface area contributed by atoms with Gasteiger partial charge < -0.3 is 4.90 Å². The summed E-state index contributed by atoms with van der Waals surface area (Å²) in [7, 11) is 0. The molecule has 0 unspecified atom stereocenters. The second kappa shape index (κ2) is 5.46. The van der Waals surface area contributed by atoms with E-state index in [1.807, 2.05) is 4.90 Å². The van der Waals surface area contributed by atoms with E-state index in [2.05, 4.69) is 19.1 Å². The van der Waals surface area contributed by atoms with Crippen LogP contribution in [0.1, 0.15) is 32.6 Å². The number of allylic oxidation sites excluding steroid dienone is 2. The molecule has 5 heteroatoms. The molecule has 5 nitrogen and oxygen atoms in total. The zero-order valence-electron chi connectivity index (χ0n) is 13.6. The van der Waals surface area contributed by atoms with Gasteiger partial charge in [-0.15, -0.1) is 0 Å². The van der Waals surface area contributed by atoms with Crippen LogP contribution in [0.2, 0.25) is 0 Å². The highest BCUT2D eigenvalue weighted by atomic mass is 16.2.